The molecule has 0 bridgehead atoms. The van der Waals surface area contributed by atoms with Crippen molar-refractivity contribution >= 4 is 116 Å². The Hall–Kier alpha value is -13.7. The molecule has 12 aromatic rings. The minimum atomic E-state index is -0.628. The number of aromatic amines is 4. The number of primary amides is 12. The Morgan fingerprint density at radius 2 is 0.871 bits per heavy atom. The van der Waals surface area contributed by atoms with Crippen molar-refractivity contribution < 1.29 is 75.2 Å². The van der Waals surface area contributed by atoms with E-state index < -0.39 is 59.1 Å². The van der Waals surface area contributed by atoms with E-state index in [0.29, 0.717) is 108 Å². The first-order valence-corrected chi connectivity index (χ1v) is 44.9. The molecule has 0 atom stereocenters. The van der Waals surface area contributed by atoms with Gasteiger partial charge in [-0.3, -0.25) is 57.5 Å². The second-order valence-electron chi connectivity index (χ2n) is 32.4. The molecule has 12 heterocycles. The van der Waals surface area contributed by atoms with Crippen LogP contribution in [0.4, 0.5) is 0 Å². The zero-order valence-electron chi connectivity index (χ0n) is 79.1. The molecule has 0 aromatic carbocycles. The molecule has 12 aromatic heterocycles. The summed E-state index contributed by atoms with van der Waals surface area (Å²) in [5.74, 6) is 2.34. The molecule has 0 unspecified atom stereocenters. The lowest BCUT2D eigenvalue weighted by molar-refractivity contribution is 0.0959. The van der Waals surface area contributed by atoms with Crippen molar-refractivity contribution in [2.24, 2.45) is 68.8 Å². The van der Waals surface area contributed by atoms with Gasteiger partial charge in [-0.15, -0.1) is 45.3 Å². The Kier molecular flexibility index (Phi) is 50.5. The van der Waals surface area contributed by atoms with Crippen molar-refractivity contribution in [1.29, 1.82) is 0 Å². The number of nitrogens with zero attached hydrogens (tertiary/aromatic N) is 6. The van der Waals surface area contributed by atoms with Gasteiger partial charge in [0.25, 0.3) is 70.9 Å². The van der Waals surface area contributed by atoms with Crippen LogP contribution < -0.4 is 68.8 Å². The minimum absolute atomic E-state index is 0.0197. The van der Waals surface area contributed by atoms with Gasteiger partial charge >= 0.3 is 5.91 Å². The number of thiophene rings is 2. The summed E-state index contributed by atoms with van der Waals surface area (Å²) in [6.07, 6.45) is 12.6. The number of amides is 12. The summed E-state index contributed by atoms with van der Waals surface area (Å²) >= 11 is 5.61. The van der Waals surface area contributed by atoms with E-state index in [9.17, 15) is 57.5 Å². The standard InChI is InChI=1S/2C8H12N2O.2C8H11NO2.2C8H11NOS.2C7H11N3O.2C7H10N2O2.2C7H10N2OS/c1-5(2)6-3-7(8(9)11)10-4-6;1-5(2)6-3-4-7(10-6)8(9)11;1-5(2)6-3-7(8(9)10)11-4-6;1-5(2)6-3-4-7(11-6)8(9)10;1-5(2)6-3-7(8(9)10)11-4-6;1-5(2)6-3-4-7(11-6)8(9)10;1-4(2)7-9-3-5(10-7)6(8)11;1-4(2)5-3-9-7(10-5)6(8)11;1-4(2)7-9-3-5(11-7)6(8)10;1-4(2)5-3-9-7(11-5)6(8)10;1-4(2)7-9-3-5(11-7)6(8)10;1-4(2)5-3-9-7(11-5)6(8)10/h2*3-5,10H,1-2H3,(H2,9,11);4*3-5H,1-2H3,(H2,9,10);2*3-4H,1-2H3,(H2,8,11)(H,9,10);4*3-4H,1-2H3,(H2,8,10). The summed E-state index contributed by atoms with van der Waals surface area (Å²) < 4.78 is 20.1. The smallest absolute Gasteiger partial charge is 0.304 e. The third-order valence-corrected chi connectivity index (χ3v) is 22.1. The normalized spacial score (nSPS) is 10.5. The van der Waals surface area contributed by atoms with E-state index in [0.717, 1.165) is 44.0 Å². The number of carbonyl (C=O) groups is 12. The number of furan rings is 2. The van der Waals surface area contributed by atoms with Crippen molar-refractivity contribution in [3.63, 3.8) is 0 Å². The Labute approximate surface area is 784 Å². The zero-order chi connectivity index (χ0) is 101. The zero-order valence-corrected chi connectivity index (χ0v) is 82.4. The highest BCUT2D eigenvalue weighted by atomic mass is 32.1. The van der Waals surface area contributed by atoms with Crippen LogP contribution in [0.5, 0.6) is 0 Å². The summed E-state index contributed by atoms with van der Waals surface area (Å²) in [4.78, 5) is 166. The monoisotopic (exact) mass is 1900 g/mol. The summed E-state index contributed by atoms with van der Waals surface area (Å²) in [6, 6.07) is 16.0. The number of nitrogens with two attached hydrogens (primary N) is 12. The quantitative estimate of drug-likeness (QED) is 0.0267. The van der Waals surface area contributed by atoms with Crippen LogP contribution in [0.15, 0.2) is 127 Å². The van der Waals surface area contributed by atoms with Gasteiger partial charge in [0.15, 0.2) is 28.2 Å². The first-order valence-electron chi connectivity index (χ1n) is 41.6. The van der Waals surface area contributed by atoms with E-state index in [2.05, 4.69) is 119 Å². The van der Waals surface area contributed by atoms with Crippen LogP contribution in [0.3, 0.4) is 0 Å². The number of carbonyl (C=O) groups excluding carboxylic acids is 12. The van der Waals surface area contributed by atoms with E-state index in [1.807, 2.05) is 127 Å². The molecule has 720 valence electrons. The molecule has 12 rings (SSSR count). The van der Waals surface area contributed by atoms with E-state index in [1.165, 1.54) is 80.6 Å². The highest BCUT2D eigenvalue weighted by Crippen LogP contribution is 2.27. The lowest BCUT2D eigenvalue weighted by Gasteiger charge is -1.98. The van der Waals surface area contributed by atoms with Crippen LogP contribution in [-0.4, -0.2) is 121 Å². The minimum Gasteiger partial charge on any atom is -0.459 e. The van der Waals surface area contributed by atoms with Gasteiger partial charge in [0.1, 0.15) is 39.3 Å². The van der Waals surface area contributed by atoms with Crippen LogP contribution in [-0.2, 0) is 0 Å². The average Bonchev–Trinajstić information content (AvgIpc) is 1.84. The highest BCUT2D eigenvalue weighted by molar-refractivity contribution is 7.14. The van der Waals surface area contributed by atoms with E-state index in [4.69, 9.17) is 86.5 Å². The van der Waals surface area contributed by atoms with Gasteiger partial charge in [-0.2, -0.15) is 0 Å². The molecule has 0 saturated carbocycles. The third kappa shape index (κ3) is 42.7. The first-order chi connectivity index (χ1) is 61.3. The maximum atomic E-state index is 10.7. The van der Waals surface area contributed by atoms with Gasteiger partial charge in [0.05, 0.1) is 45.8 Å². The van der Waals surface area contributed by atoms with Crippen molar-refractivity contribution in [3.8, 4) is 0 Å². The molecule has 0 aliphatic rings. The number of thiazole rings is 2. The Morgan fingerprint density at radius 1 is 0.318 bits per heavy atom. The fourth-order valence-electron chi connectivity index (χ4n) is 9.12. The number of hydrogen-bond donors (Lipinski definition) is 16. The van der Waals surface area contributed by atoms with Crippen molar-refractivity contribution in [3.05, 3.63) is 241 Å². The summed E-state index contributed by atoms with van der Waals surface area (Å²) in [5, 5.41) is 3.33. The highest BCUT2D eigenvalue weighted by Gasteiger charge is 2.18. The van der Waals surface area contributed by atoms with Crippen molar-refractivity contribution in [2.75, 3.05) is 0 Å². The summed E-state index contributed by atoms with van der Waals surface area (Å²) in [5.41, 5.74) is 66.9. The molecule has 0 radical (unpaired) electrons. The SMILES string of the molecule is CC(C)c1c[nH]c(C(N)=O)c1.CC(C)c1ccc(C(N)=O)[nH]1.CC(C)c1ccc(C(N)=O)o1.CC(C)c1ccc(C(N)=O)s1.CC(C)c1cnc(C(N)=O)[nH]1.CC(C)c1cnc(C(N)=O)o1.CC(C)c1cnc(C(N)=O)s1.CC(C)c1coc(C(N)=O)c1.CC(C)c1csc(C(N)=O)c1.CC(C)c1ncc(C(N)=O)[nH]1.CC(C)c1ncc(C(N)=O)o1.CC(C)c1ncc(C(N)=O)s1. The molecule has 132 heavy (non-hydrogen) atoms. The molecule has 0 spiro atoms. The van der Waals surface area contributed by atoms with E-state index in [-0.39, 0.29) is 52.6 Å². The van der Waals surface area contributed by atoms with E-state index >= 15 is 0 Å². The van der Waals surface area contributed by atoms with Gasteiger partial charge < -0.3 is 106 Å². The molecular weight excluding hydrogens is 1770 g/mol. The molecule has 0 aliphatic carbocycles. The van der Waals surface area contributed by atoms with Gasteiger partial charge in [-0.05, 0) is 118 Å². The Bertz CT molecular complexity index is 4390. The third-order valence-electron chi connectivity index (χ3n) is 17.2. The number of hydrogen-bond acceptors (Lipinski definition) is 26. The fourth-order valence-corrected chi connectivity index (χ4v) is 12.4. The van der Waals surface area contributed by atoms with Gasteiger partial charge in [0, 0.05) is 69.3 Å². The van der Waals surface area contributed by atoms with Gasteiger partial charge in [0.2, 0.25) is 5.76 Å². The number of rotatable bonds is 24. The molecule has 0 aliphatic heterocycles. The Morgan fingerprint density at radius 3 is 1.14 bits per heavy atom. The second-order valence-corrected chi connectivity index (χ2v) is 36.6. The Balaban J connectivity index is 0.000000720. The fraction of sp³-hybridized carbons (Fsp3) is 0.400. The number of nitrogens with one attached hydrogen (secondary N) is 4. The molecule has 12 amide bonds. The lowest BCUT2D eigenvalue weighted by atomic mass is 10.1. The number of H-pyrrole nitrogens is 4. The molecule has 0 fully saturated rings. The first kappa shape index (κ1) is 116. The van der Waals surface area contributed by atoms with Crippen LogP contribution in [0.25, 0.3) is 0 Å². The van der Waals surface area contributed by atoms with Crippen LogP contribution in [0.2, 0.25) is 0 Å². The van der Waals surface area contributed by atoms with E-state index in [1.54, 1.807) is 55.1 Å². The van der Waals surface area contributed by atoms with Crippen molar-refractivity contribution in [2.45, 2.75) is 237 Å². The molecular formula is C90H130N22O16S4. The van der Waals surface area contributed by atoms with Crippen LogP contribution >= 0.6 is 45.3 Å². The summed E-state index contributed by atoms with van der Waals surface area (Å²) in [7, 11) is 0. The molecule has 38 nitrogen and oxygen atoms in total. The maximum Gasteiger partial charge on any atom is 0.304 e. The van der Waals surface area contributed by atoms with Crippen LogP contribution in [0.1, 0.15) is 427 Å². The predicted molar refractivity (Wildman–Crippen MR) is 513 cm³/mol. The molecule has 42 heteroatoms. The molecule has 0 saturated heterocycles. The summed E-state index contributed by atoms with van der Waals surface area (Å²) in [6.45, 7) is 48.6. The number of aromatic nitrogens is 10. The van der Waals surface area contributed by atoms with Crippen LogP contribution in [0, 0.1) is 0 Å². The second kappa shape index (κ2) is 57.3. The number of oxazole rings is 2. The largest absolute Gasteiger partial charge is 0.459 e. The lowest BCUT2D eigenvalue weighted by Crippen LogP contribution is -2.12. The molecule has 28 N–H and O–H groups in total. The number of imidazole rings is 2. The maximum absolute atomic E-state index is 10.7. The topological polar surface area (TPSA) is 710 Å². The average molecular weight is 1900 g/mol. The predicted octanol–water partition coefficient (Wildman–Crippen LogP) is 15.2. The van der Waals surface area contributed by atoms with Gasteiger partial charge in [-0.1, -0.05) is 166 Å². The van der Waals surface area contributed by atoms with Crippen molar-refractivity contribution in [1.82, 2.24) is 49.8 Å². The van der Waals surface area contributed by atoms with Gasteiger partial charge in [-0.25, -0.2) is 29.9 Å².